The second kappa shape index (κ2) is 7.98. The quantitative estimate of drug-likeness (QED) is 0.322. The summed E-state index contributed by atoms with van der Waals surface area (Å²) in [6.07, 6.45) is 2.12. The lowest BCUT2D eigenvalue weighted by atomic mass is 10.0. The number of benzene rings is 3. The molecular formula is C26H20ClN3O3. The largest absolute Gasteiger partial charge is 0.494 e. The molecule has 0 N–H and O–H groups in total. The van der Waals surface area contributed by atoms with Crippen molar-refractivity contribution in [1.82, 2.24) is 14.8 Å². The highest BCUT2D eigenvalue weighted by Gasteiger charge is 2.23. The zero-order chi connectivity index (χ0) is 22.4. The minimum atomic E-state index is 0.234. The summed E-state index contributed by atoms with van der Waals surface area (Å²) in [5, 5.41) is 10.8. The van der Waals surface area contributed by atoms with E-state index >= 15 is 0 Å². The van der Waals surface area contributed by atoms with Gasteiger partial charge in [-0.15, -0.1) is 10.2 Å². The molecule has 0 aliphatic carbocycles. The fourth-order valence-electron chi connectivity index (χ4n) is 4.25. The number of rotatable bonds is 5. The number of fused-ring (bicyclic) bond motifs is 4. The van der Waals surface area contributed by atoms with Gasteiger partial charge in [0.1, 0.15) is 17.1 Å². The molecule has 0 radical (unpaired) electrons. The van der Waals surface area contributed by atoms with E-state index in [1.807, 2.05) is 61.5 Å². The molecule has 0 bridgehead atoms. The zero-order valence-electron chi connectivity index (χ0n) is 17.9. The molecule has 6 rings (SSSR count). The van der Waals surface area contributed by atoms with Crippen molar-refractivity contribution in [2.45, 2.75) is 13.5 Å². The highest BCUT2D eigenvalue weighted by atomic mass is 35.5. The Morgan fingerprint density at radius 1 is 0.939 bits per heavy atom. The third kappa shape index (κ3) is 3.52. The van der Waals surface area contributed by atoms with Crippen LogP contribution in [-0.4, -0.2) is 28.2 Å². The molecule has 3 aromatic rings. The Morgan fingerprint density at radius 3 is 2.61 bits per heavy atom. The van der Waals surface area contributed by atoms with Gasteiger partial charge in [0.15, 0.2) is 11.5 Å². The number of ether oxygens (including phenoxy) is 3. The summed E-state index contributed by atoms with van der Waals surface area (Å²) in [7, 11) is 0. The van der Waals surface area contributed by atoms with Gasteiger partial charge in [-0.2, -0.15) is 0 Å². The summed E-state index contributed by atoms with van der Waals surface area (Å²) < 4.78 is 19.0. The maximum absolute atomic E-state index is 6.09. The Kier molecular flexibility index (Phi) is 4.80. The number of halogens is 1. The maximum atomic E-state index is 6.09. The van der Waals surface area contributed by atoms with Crippen LogP contribution in [0.25, 0.3) is 33.4 Å². The predicted octanol–water partition coefficient (Wildman–Crippen LogP) is 6.03. The first-order valence-corrected chi connectivity index (χ1v) is 11.1. The van der Waals surface area contributed by atoms with Crippen molar-refractivity contribution >= 4 is 22.5 Å². The predicted molar refractivity (Wildman–Crippen MR) is 127 cm³/mol. The van der Waals surface area contributed by atoms with Gasteiger partial charge in [0.25, 0.3) is 0 Å². The minimum Gasteiger partial charge on any atom is -0.494 e. The Balaban J connectivity index is 1.54. The number of pyridine rings is 1. The molecule has 0 saturated carbocycles. The first kappa shape index (κ1) is 19.9. The highest BCUT2D eigenvalue weighted by molar-refractivity contribution is 6.30. The monoisotopic (exact) mass is 457 g/mol. The Labute approximate surface area is 195 Å². The summed E-state index contributed by atoms with van der Waals surface area (Å²) in [6, 6.07) is 19.9. The van der Waals surface area contributed by atoms with Crippen LogP contribution in [0.5, 0.6) is 17.2 Å². The molecule has 0 saturated heterocycles. The molecule has 6 nitrogen and oxygen atoms in total. The van der Waals surface area contributed by atoms with E-state index in [4.69, 9.17) is 25.8 Å². The van der Waals surface area contributed by atoms with Gasteiger partial charge in [0.05, 0.1) is 12.1 Å². The van der Waals surface area contributed by atoms with Crippen molar-refractivity contribution in [3.63, 3.8) is 0 Å². The second-order valence-electron chi connectivity index (χ2n) is 7.87. The maximum Gasteiger partial charge on any atom is 0.231 e. The van der Waals surface area contributed by atoms with E-state index in [2.05, 4.69) is 27.0 Å². The molecule has 0 amide bonds. The molecule has 7 heteroatoms. The van der Waals surface area contributed by atoms with Crippen molar-refractivity contribution < 1.29 is 14.2 Å². The number of aromatic nitrogens is 3. The fourth-order valence-corrected chi connectivity index (χ4v) is 4.38. The van der Waals surface area contributed by atoms with Gasteiger partial charge in [-0.05, 0) is 61.0 Å². The van der Waals surface area contributed by atoms with Gasteiger partial charge in [-0.3, -0.25) is 0 Å². The summed E-state index contributed by atoms with van der Waals surface area (Å²) in [5.41, 5.74) is 5.74. The Morgan fingerprint density at radius 2 is 1.76 bits per heavy atom. The van der Waals surface area contributed by atoms with Crippen molar-refractivity contribution in [3.8, 4) is 39.8 Å². The van der Waals surface area contributed by atoms with E-state index in [1.54, 1.807) is 0 Å². The van der Waals surface area contributed by atoms with E-state index < -0.39 is 0 Å². The van der Waals surface area contributed by atoms with Crippen molar-refractivity contribution in [3.05, 3.63) is 77.4 Å². The molecule has 3 aromatic carbocycles. The Bertz CT molecular complexity index is 1450. The summed E-state index contributed by atoms with van der Waals surface area (Å²) >= 11 is 6.09. The van der Waals surface area contributed by atoms with Crippen LogP contribution in [0.2, 0.25) is 5.02 Å². The Hall–Kier alpha value is -3.77. The number of hydrogen-bond donors (Lipinski definition) is 0. The first-order valence-electron chi connectivity index (χ1n) is 10.8. The average Bonchev–Trinajstić information content (AvgIpc) is 3.47. The topological polar surface area (TPSA) is 58.4 Å². The van der Waals surface area contributed by atoms with Crippen LogP contribution in [0.3, 0.4) is 0 Å². The molecule has 0 aromatic heterocycles. The lowest BCUT2D eigenvalue weighted by molar-refractivity contribution is 0.174. The van der Waals surface area contributed by atoms with Crippen LogP contribution in [0, 0.1) is 0 Å². The van der Waals surface area contributed by atoms with Crippen LogP contribution in [0.15, 0.2) is 66.9 Å². The highest BCUT2D eigenvalue weighted by Crippen LogP contribution is 2.41. The second-order valence-corrected chi connectivity index (χ2v) is 8.31. The number of nitrogens with zero attached hydrogens (tertiary/aromatic N) is 3. The van der Waals surface area contributed by atoms with Crippen LogP contribution < -0.4 is 14.2 Å². The van der Waals surface area contributed by atoms with Gasteiger partial charge in [0.2, 0.25) is 6.79 Å². The van der Waals surface area contributed by atoms with Crippen LogP contribution in [0.4, 0.5) is 0 Å². The van der Waals surface area contributed by atoms with Gasteiger partial charge in [-0.1, -0.05) is 23.7 Å². The van der Waals surface area contributed by atoms with Crippen molar-refractivity contribution in [2.75, 3.05) is 13.4 Å². The van der Waals surface area contributed by atoms with Crippen LogP contribution in [-0.2, 0) is 6.54 Å². The molecule has 3 aliphatic rings. The van der Waals surface area contributed by atoms with E-state index in [9.17, 15) is 0 Å². The van der Waals surface area contributed by atoms with Crippen LogP contribution in [0.1, 0.15) is 12.5 Å². The number of hydrogen-bond acceptors (Lipinski definition) is 5. The lowest BCUT2D eigenvalue weighted by Crippen LogP contribution is -2.04. The SMILES string of the molecule is CCOc1ccc2c(c1)c1nnc(-c3ccc4c(c3)OCO4)c-1cn2Cc1ccc(Cl)cc1. The van der Waals surface area contributed by atoms with E-state index in [-0.39, 0.29) is 6.79 Å². The molecule has 0 spiro atoms. The third-order valence-corrected chi connectivity index (χ3v) is 6.05. The van der Waals surface area contributed by atoms with E-state index in [0.717, 1.165) is 61.3 Å². The molecule has 0 fully saturated rings. The van der Waals surface area contributed by atoms with E-state index in [0.29, 0.717) is 13.2 Å². The standard InChI is InChI=1S/C26H20ClN3O3/c1-2-31-19-8-9-22-20(12-19)26-21(14-30(22)13-16-3-6-18(27)7-4-16)25(28-29-26)17-5-10-23-24(11-17)33-15-32-23/h3-12,14H,2,13,15H2,1H3. The molecular weight excluding hydrogens is 438 g/mol. The van der Waals surface area contributed by atoms with Crippen LogP contribution >= 0.6 is 11.6 Å². The zero-order valence-corrected chi connectivity index (χ0v) is 18.7. The average molecular weight is 458 g/mol. The van der Waals surface area contributed by atoms with Gasteiger partial charge >= 0.3 is 0 Å². The fraction of sp³-hybridized carbons (Fsp3) is 0.154. The molecule has 3 heterocycles. The smallest absolute Gasteiger partial charge is 0.231 e. The lowest BCUT2D eigenvalue weighted by Gasteiger charge is -2.16. The van der Waals surface area contributed by atoms with Gasteiger partial charge < -0.3 is 18.8 Å². The summed E-state index contributed by atoms with van der Waals surface area (Å²) in [4.78, 5) is 0. The molecule has 164 valence electrons. The normalized spacial score (nSPS) is 12.5. The van der Waals surface area contributed by atoms with Crippen molar-refractivity contribution in [2.24, 2.45) is 0 Å². The summed E-state index contributed by atoms with van der Waals surface area (Å²) in [5.74, 6) is 2.27. The molecule has 0 atom stereocenters. The van der Waals surface area contributed by atoms with Gasteiger partial charge in [-0.25, -0.2) is 0 Å². The third-order valence-electron chi connectivity index (χ3n) is 5.80. The molecule has 0 unspecified atom stereocenters. The minimum absolute atomic E-state index is 0.234. The molecule has 33 heavy (non-hydrogen) atoms. The van der Waals surface area contributed by atoms with Crippen molar-refractivity contribution in [1.29, 1.82) is 0 Å². The van der Waals surface area contributed by atoms with E-state index in [1.165, 1.54) is 0 Å². The van der Waals surface area contributed by atoms with Gasteiger partial charge in [0, 0.05) is 34.3 Å². The molecule has 3 aliphatic heterocycles. The first-order chi connectivity index (χ1) is 16.2. The summed E-state index contributed by atoms with van der Waals surface area (Å²) in [6.45, 7) is 3.49.